The van der Waals surface area contributed by atoms with E-state index in [2.05, 4.69) is 24.1 Å². The molecular weight excluding hydrogens is 266 g/mol. The number of aryl methyl sites for hydroxylation is 1. The summed E-state index contributed by atoms with van der Waals surface area (Å²) in [6.45, 7) is 4.72. The summed E-state index contributed by atoms with van der Waals surface area (Å²) in [4.78, 5) is 16.4. The number of nitrogens with one attached hydrogen (secondary N) is 1. The number of hydrogen-bond donors (Lipinski definition) is 1. The molecule has 0 bridgehead atoms. The van der Waals surface area contributed by atoms with E-state index in [-0.39, 0.29) is 12.0 Å². The zero-order valence-electron chi connectivity index (χ0n) is 13.1. The molecular formula is C16H23N3O2. The van der Waals surface area contributed by atoms with E-state index in [9.17, 15) is 4.79 Å². The Bertz CT molecular complexity index is 619. The van der Waals surface area contributed by atoms with Crippen LogP contribution in [-0.2, 0) is 23.1 Å². The first-order chi connectivity index (χ1) is 10.0. The number of fused-ring (bicyclic) bond motifs is 1. The third kappa shape index (κ3) is 3.61. The monoisotopic (exact) mass is 289 g/mol. The van der Waals surface area contributed by atoms with Gasteiger partial charge in [0, 0.05) is 7.05 Å². The molecule has 21 heavy (non-hydrogen) atoms. The van der Waals surface area contributed by atoms with E-state index >= 15 is 0 Å². The van der Waals surface area contributed by atoms with Crippen LogP contribution in [-0.4, -0.2) is 28.7 Å². The van der Waals surface area contributed by atoms with Crippen molar-refractivity contribution in [2.24, 2.45) is 13.0 Å². The van der Waals surface area contributed by atoms with Crippen molar-refractivity contribution in [1.29, 1.82) is 0 Å². The summed E-state index contributed by atoms with van der Waals surface area (Å²) in [5.41, 5.74) is 2.06. The summed E-state index contributed by atoms with van der Waals surface area (Å²) in [7, 11) is 3.41. The molecule has 1 aromatic heterocycles. The highest BCUT2D eigenvalue weighted by Crippen LogP contribution is 2.14. The van der Waals surface area contributed by atoms with Gasteiger partial charge in [-0.3, -0.25) is 10.1 Å². The van der Waals surface area contributed by atoms with E-state index in [0.29, 0.717) is 12.5 Å². The number of aromatic nitrogens is 2. The van der Waals surface area contributed by atoms with Gasteiger partial charge in [-0.1, -0.05) is 26.0 Å². The Morgan fingerprint density at radius 3 is 2.71 bits per heavy atom. The van der Waals surface area contributed by atoms with Gasteiger partial charge in [-0.2, -0.15) is 0 Å². The summed E-state index contributed by atoms with van der Waals surface area (Å²) in [6, 6.07) is 7.71. The maximum atomic E-state index is 11.8. The van der Waals surface area contributed by atoms with Gasteiger partial charge < -0.3 is 9.30 Å². The summed E-state index contributed by atoms with van der Waals surface area (Å²) < 4.78 is 6.91. The Morgan fingerprint density at radius 2 is 2.10 bits per heavy atom. The Morgan fingerprint density at radius 1 is 1.38 bits per heavy atom. The molecule has 1 N–H and O–H groups in total. The van der Waals surface area contributed by atoms with Crippen molar-refractivity contribution >= 4 is 17.0 Å². The Balaban J connectivity index is 2.11. The Kier molecular flexibility index (Phi) is 4.96. The standard InChI is InChI=1S/C16H23N3O2/c1-11(2)9-13(16(20)21-4)17-10-15-18-12-7-5-6-8-14(12)19(15)3/h5-8,11,13,17H,9-10H2,1-4H3. The normalized spacial score (nSPS) is 12.8. The van der Waals surface area contributed by atoms with Crippen LogP contribution in [0.2, 0.25) is 0 Å². The highest BCUT2D eigenvalue weighted by Gasteiger charge is 2.20. The van der Waals surface area contributed by atoms with Crippen molar-refractivity contribution in [3.05, 3.63) is 30.1 Å². The zero-order chi connectivity index (χ0) is 15.4. The number of ether oxygens (including phenoxy) is 1. The second kappa shape index (κ2) is 6.72. The minimum atomic E-state index is -0.296. The number of para-hydroxylation sites is 2. The number of imidazole rings is 1. The van der Waals surface area contributed by atoms with Gasteiger partial charge in [0.15, 0.2) is 0 Å². The fourth-order valence-electron chi connectivity index (χ4n) is 2.44. The molecule has 0 fully saturated rings. The third-order valence-corrected chi connectivity index (χ3v) is 3.58. The van der Waals surface area contributed by atoms with Crippen LogP contribution in [0, 0.1) is 5.92 Å². The van der Waals surface area contributed by atoms with Gasteiger partial charge in [0.1, 0.15) is 11.9 Å². The first kappa shape index (κ1) is 15.5. The maximum absolute atomic E-state index is 11.8. The number of esters is 1. The topological polar surface area (TPSA) is 56.1 Å². The minimum Gasteiger partial charge on any atom is -0.468 e. The lowest BCUT2D eigenvalue weighted by molar-refractivity contribution is -0.143. The van der Waals surface area contributed by atoms with Crippen LogP contribution in [0.5, 0.6) is 0 Å². The molecule has 0 aliphatic carbocycles. The molecule has 1 unspecified atom stereocenters. The molecule has 0 saturated carbocycles. The lowest BCUT2D eigenvalue weighted by Crippen LogP contribution is -2.38. The van der Waals surface area contributed by atoms with E-state index in [1.165, 1.54) is 7.11 Å². The van der Waals surface area contributed by atoms with Crippen LogP contribution in [0.1, 0.15) is 26.1 Å². The molecule has 114 valence electrons. The molecule has 0 aliphatic rings. The van der Waals surface area contributed by atoms with Crippen molar-refractivity contribution in [3.8, 4) is 0 Å². The molecule has 1 heterocycles. The highest BCUT2D eigenvalue weighted by atomic mass is 16.5. The van der Waals surface area contributed by atoms with Crippen molar-refractivity contribution < 1.29 is 9.53 Å². The van der Waals surface area contributed by atoms with Crippen molar-refractivity contribution in [2.75, 3.05) is 7.11 Å². The summed E-state index contributed by atoms with van der Waals surface area (Å²) in [6.07, 6.45) is 0.747. The average molecular weight is 289 g/mol. The van der Waals surface area contributed by atoms with E-state index in [0.717, 1.165) is 23.3 Å². The second-order valence-corrected chi connectivity index (χ2v) is 5.66. The largest absolute Gasteiger partial charge is 0.468 e. The summed E-state index contributed by atoms with van der Waals surface area (Å²) in [5.74, 6) is 1.11. The van der Waals surface area contributed by atoms with Crippen LogP contribution in [0.15, 0.2) is 24.3 Å². The van der Waals surface area contributed by atoms with E-state index in [4.69, 9.17) is 4.74 Å². The molecule has 0 radical (unpaired) electrons. The molecule has 0 amide bonds. The van der Waals surface area contributed by atoms with Crippen molar-refractivity contribution in [3.63, 3.8) is 0 Å². The van der Waals surface area contributed by atoms with Crippen LogP contribution in [0.25, 0.3) is 11.0 Å². The molecule has 1 aromatic carbocycles. The molecule has 0 spiro atoms. The fourth-order valence-corrected chi connectivity index (χ4v) is 2.44. The second-order valence-electron chi connectivity index (χ2n) is 5.66. The van der Waals surface area contributed by atoms with E-state index < -0.39 is 0 Å². The number of carbonyl (C=O) groups is 1. The first-order valence-electron chi connectivity index (χ1n) is 7.24. The molecule has 2 aromatic rings. The first-order valence-corrected chi connectivity index (χ1v) is 7.24. The lowest BCUT2D eigenvalue weighted by Gasteiger charge is -2.18. The van der Waals surface area contributed by atoms with Crippen molar-refractivity contribution in [2.45, 2.75) is 32.9 Å². The smallest absolute Gasteiger partial charge is 0.322 e. The van der Waals surface area contributed by atoms with Crippen molar-refractivity contribution in [1.82, 2.24) is 14.9 Å². The lowest BCUT2D eigenvalue weighted by atomic mass is 10.0. The van der Waals surface area contributed by atoms with Crippen LogP contribution < -0.4 is 5.32 Å². The summed E-state index contributed by atoms with van der Waals surface area (Å²) in [5, 5.41) is 3.26. The number of methoxy groups -OCH3 is 1. The highest BCUT2D eigenvalue weighted by molar-refractivity contribution is 5.76. The average Bonchev–Trinajstić information content (AvgIpc) is 2.79. The SMILES string of the molecule is COC(=O)C(CC(C)C)NCc1nc2ccccc2n1C. The summed E-state index contributed by atoms with van der Waals surface area (Å²) >= 11 is 0. The number of benzene rings is 1. The van der Waals surface area contributed by atoms with Gasteiger partial charge in [0.2, 0.25) is 0 Å². The molecule has 0 saturated heterocycles. The molecule has 5 heteroatoms. The van der Waals surface area contributed by atoms with Gasteiger partial charge in [0.25, 0.3) is 0 Å². The van der Waals surface area contributed by atoms with Gasteiger partial charge >= 0.3 is 5.97 Å². The van der Waals surface area contributed by atoms with Crippen LogP contribution in [0.4, 0.5) is 0 Å². The minimum absolute atomic E-state index is 0.220. The Labute approximate surface area is 125 Å². The third-order valence-electron chi connectivity index (χ3n) is 3.58. The van der Waals surface area contributed by atoms with Gasteiger partial charge in [-0.15, -0.1) is 0 Å². The number of rotatable bonds is 6. The molecule has 5 nitrogen and oxygen atoms in total. The molecule has 2 rings (SSSR count). The predicted molar refractivity (Wildman–Crippen MR) is 82.8 cm³/mol. The van der Waals surface area contributed by atoms with E-state index in [1.54, 1.807) is 0 Å². The van der Waals surface area contributed by atoms with E-state index in [1.807, 2.05) is 35.9 Å². The van der Waals surface area contributed by atoms with Crippen LogP contribution in [0.3, 0.4) is 0 Å². The van der Waals surface area contributed by atoms with Crippen LogP contribution >= 0.6 is 0 Å². The molecule has 1 atom stereocenters. The zero-order valence-corrected chi connectivity index (χ0v) is 13.1. The predicted octanol–water partition coefficient (Wildman–Crippen LogP) is 2.25. The number of hydrogen-bond acceptors (Lipinski definition) is 4. The molecule has 0 aliphatic heterocycles. The van der Waals surface area contributed by atoms with Gasteiger partial charge in [0.05, 0.1) is 24.7 Å². The fraction of sp³-hybridized carbons (Fsp3) is 0.500. The number of nitrogens with zero attached hydrogens (tertiary/aromatic N) is 2. The van der Waals surface area contributed by atoms with Gasteiger partial charge in [-0.05, 0) is 24.5 Å². The quantitative estimate of drug-likeness (QED) is 0.829. The Hall–Kier alpha value is -1.88. The number of carbonyl (C=O) groups excluding carboxylic acids is 1. The van der Waals surface area contributed by atoms with Gasteiger partial charge in [-0.25, -0.2) is 4.98 Å². The maximum Gasteiger partial charge on any atom is 0.322 e.